The Bertz CT molecular complexity index is 3510. The van der Waals surface area contributed by atoms with Gasteiger partial charge in [-0.05, 0) is 53.2 Å². The summed E-state index contributed by atoms with van der Waals surface area (Å²) in [5.41, 5.74) is 6.67. The summed E-state index contributed by atoms with van der Waals surface area (Å²) in [7, 11) is 0. The smallest absolute Gasteiger partial charge is 0.227 e. The van der Waals surface area contributed by atoms with Crippen molar-refractivity contribution in [3.63, 3.8) is 0 Å². The molecule has 0 fully saturated rings. The molecule has 4 aromatic heterocycles. The number of fused-ring (bicyclic) bond motifs is 11. The van der Waals surface area contributed by atoms with E-state index in [4.69, 9.17) is 28.8 Å². The molecule has 256 valence electrons. The first kappa shape index (κ1) is 30.3. The summed E-state index contributed by atoms with van der Waals surface area (Å²) in [5.74, 6) is 2.28. The van der Waals surface area contributed by atoms with Crippen LogP contribution in [0, 0.1) is 0 Å². The van der Waals surface area contributed by atoms with Gasteiger partial charge in [-0.3, -0.25) is 0 Å². The normalized spacial score (nSPS) is 12.0. The Kier molecular flexibility index (Phi) is 6.40. The molecule has 0 spiro atoms. The van der Waals surface area contributed by atoms with Crippen molar-refractivity contribution in [1.82, 2.24) is 19.9 Å². The molecule has 0 radical (unpaired) electrons. The Labute approximate surface area is 317 Å². The zero-order chi connectivity index (χ0) is 36.0. The Hall–Kier alpha value is -7.22. The van der Waals surface area contributed by atoms with Crippen LogP contribution in [0.15, 0.2) is 167 Å². The van der Waals surface area contributed by atoms with E-state index in [2.05, 4.69) is 97.1 Å². The van der Waals surface area contributed by atoms with Gasteiger partial charge in [0.25, 0.3) is 0 Å². The first-order chi connectivity index (χ1) is 27.2. The van der Waals surface area contributed by atoms with Gasteiger partial charge in [0.05, 0.1) is 0 Å². The Morgan fingerprint density at radius 3 is 1.89 bits per heavy atom. The maximum absolute atomic E-state index is 6.61. The lowest BCUT2D eigenvalue weighted by Gasteiger charge is -2.12. The molecule has 7 heteroatoms. The lowest BCUT2D eigenvalue weighted by atomic mass is 10.0. The molecule has 4 heterocycles. The molecule has 0 aliphatic rings. The SMILES string of the molecule is c1ccc(-c2nc3cc(-c4nc(-c5cccc6oc7c8ccccc8ccc7c56)nc(-c5cccc6sc7ccccc7c56)n4)c4ccccc4c3o2)cc1. The lowest BCUT2D eigenvalue weighted by molar-refractivity contribution is 0.623. The zero-order valence-electron chi connectivity index (χ0n) is 29.0. The monoisotopic (exact) mass is 722 g/mol. The van der Waals surface area contributed by atoms with Crippen LogP contribution in [0.25, 0.3) is 120 Å². The molecule has 55 heavy (non-hydrogen) atoms. The zero-order valence-corrected chi connectivity index (χ0v) is 29.8. The van der Waals surface area contributed by atoms with E-state index >= 15 is 0 Å². The highest BCUT2D eigenvalue weighted by molar-refractivity contribution is 7.25. The first-order valence-corrected chi connectivity index (χ1v) is 18.9. The van der Waals surface area contributed by atoms with Crippen LogP contribution in [0.1, 0.15) is 0 Å². The fourth-order valence-electron chi connectivity index (χ4n) is 8.08. The Balaban J connectivity index is 1.17. The van der Waals surface area contributed by atoms with Crippen LogP contribution in [0.2, 0.25) is 0 Å². The van der Waals surface area contributed by atoms with Gasteiger partial charge in [-0.25, -0.2) is 19.9 Å². The molecule has 12 aromatic rings. The fraction of sp³-hybridized carbons (Fsp3) is 0. The van der Waals surface area contributed by atoms with Gasteiger partial charge in [0.2, 0.25) is 5.89 Å². The molecular formula is C48H26N4O2S. The van der Waals surface area contributed by atoms with Crippen LogP contribution in [0.5, 0.6) is 0 Å². The molecule has 0 unspecified atom stereocenters. The number of benzene rings is 8. The highest BCUT2D eigenvalue weighted by Crippen LogP contribution is 2.43. The topological polar surface area (TPSA) is 77.8 Å². The minimum absolute atomic E-state index is 0.550. The van der Waals surface area contributed by atoms with Crippen molar-refractivity contribution >= 4 is 86.1 Å². The van der Waals surface area contributed by atoms with E-state index in [1.54, 1.807) is 11.3 Å². The van der Waals surface area contributed by atoms with Crippen molar-refractivity contribution < 1.29 is 8.83 Å². The summed E-state index contributed by atoms with van der Waals surface area (Å²) < 4.78 is 15.5. The third-order valence-corrected chi connectivity index (χ3v) is 11.7. The van der Waals surface area contributed by atoms with E-state index in [1.165, 1.54) is 14.8 Å². The number of furan rings is 1. The van der Waals surface area contributed by atoms with Gasteiger partial charge in [-0.1, -0.05) is 115 Å². The van der Waals surface area contributed by atoms with Crippen LogP contribution >= 0.6 is 11.3 Å². The highest BCUT2D eigenvalue weighted by Gasteiger charge is 2.23. The predicted molar refractivity (Wildman–Crippen MR) is 224 cm³/mol. The summed E-state index contributed by atoms with van der Waals surface area (Å²) >= 11 is 1.78. The molecule has 6 nitrogen and oxygen atoms in total. The van der Waals surface area contributed by atoms with Gasteiger partial charge in [-0.15, -0.1) is 11.3 Å². The summed E-state index contributed by atoms with van der Waals surface area (Å²) in [6, 6.07) is 53.9. The van der Waals surface area contributed by atoms with Crippen LogP contribution < -0.4 is 0 Å². The molecule has 0 saturated carbocycles. The second-order valence-corrected chi connectivity index (χ2v) is 14.8. The molecule has 0 N–H and O–H groups in total. The molecular weight excluding hydrogens is 697 g/mol. The molecule has 0 amide bonds. The van der Waals surface area contributed by atoms with Gasteiger partial charge in [0, 0.05) is 64.0 Å². The van der Waals surface area contributed by atoms with Crippen molar-refractivity contribution in [2.75, 3.05) is 0 Å². The van der Waals surface area contributed by atoms with Gasteiger partial charge in [0.1, 0.15) is 16.7 Å². The average molecular weight is 723 g/mol. The maximum Gasteiger partial charge on any atom is 0.227 e. The van der Waals surface area contributed by atoms with Gasteiger partial charge < -0.3 is 8.83 Å². The molecule has 0 aliphatic carbocycles. The van der Waals surface area contributed by atoms with E-state index in [0.29, 0.717) is 23.4 Å². The summed E-state index contributed by atoms with van der Waals surface area (Å²) in [5, 5.41) is 8.39. The summed E-state index contributed by atoms with van der Waals surface area (Å²) in [6.07, 6.45) is 0. The fourth-order valence-corrected chi connectivity index (χ4v) is 9.21. The minimum atomic E-state index is 0.550. The Morgan fingerprint density at radius 1 is 0.400 bits per heavy atom. The molecule has 8 aromatic carbocycles. The third-order valence-electron chi connectivity index (χ3n) is 10.6. The average Bonchev–Trinajstić information content (AvgIpc) is 3.97. The quantitative estimate of drug-likeness (QED) is 0.180. The molecule has 0 aliphatic heterocycles. The van der Waals surface area contributed by atoms with Crippen molar-refractivity contribution in [2.45, 2.75) is 0 Å². The molecule has 12 rings (SSSR count). The van der Waals surface area contributed by atoms with E-state index in [0.717, 1.165) is 82.2 Å². The van der Waals surface area contributed by atoms with Crippen molar-refractivity contribution in [1.29, 1.82) is 0 Å². The largest absolute Gasteiger partial charge is 0.455 e. The Morgan fingerprint density at radius 2 is 1.05 bits per heavy atom. The molecule has 0 atom stereocenters. The number of aromatic nitrogens is 4. The second-order valence-electron chi connectivity index (χ2n) is 13.7. The van der Waals surface area contributed by atoms with Gasteiger partial charge >= 0.3 is 0 Å². The van der Waals surface area contributed by atoms with E-state index in [1.807, 2.05) is 60.7 Å². The number of thiophene rings is 1. The van der Waals surface area contributed by atoms with Crippen LogP contribution in [-0.2, 0) is 0 Å². The van der Waals surface area contributed by atoms with Crippen molar-refractivity contribution in [3.8, 4) is 45.6 Å². The minimum Gasteiger partial charge on any atom is -0.455 e. The predicted octanol–water partition coefficient (Wildman–Crippen LogP) is 13.3. The van der Waals surface area contributed by atoms with E-state index in [-0.39, 0.29) is 0 Å². The molecule has 0 saturated heterocycles. The van der Waals surface area contributed by atoms with Crippen LogP contribution in [-0.4, -0.2) is 19.9 Å². The number of nitrogens with zero attached hydrogens (tertiary/aromatic N) is 4. The van der Waals surface area contributed by atoms with Crippen molar-refractivity contribution in [3.05, 3.63) is 158 Å². The van der Waals surface area contributed by atoms with Crippen molar-refractivity contribution in [2.24, 2.45) is 0 Å². The molecule has 0 bridgehead atoms. The van der Waals surface area contributed by atoms with E-state index in [9.17, 15) is 0 Å². The highest BCUT2D eigenvalue weighted by atomic mass is 32.1. The standard InChI is InChI=1S/C48H26N4O2S/c1-2-13-28(14-3-1)48-49-37-26-36(30-16-6-7-17-31(30)44(37)54-48)47-51-45(50-46(52-47)35-20-11-23-40-42(35)32-18-8-9-22-39(32)55-40)34-19-10-21-38-41(34)33-25-24-27-12-4-5-15-29(27)43(33)53-38/h1-26H. The maximum atomic E-state index is 6.61. The third kappa shape index (κ3) is 4.60. The second kappa shape index (κ2) is 11.6. The van der Waals surface area contributed by atoms with Crippen LogP contribution in [0.3, 0.4) is 0 Å². The van der Waals surface area contributed by atoms with Gasteiger partial charge in [0.15, 0.2) is 23.1 Å². The number of hydrogen-bond acceptors (Lipinski definition) is 7. The first-order valence-electron chi connectivity index (χ1n) is 18.1. The number of hydrogen-bond donors (Lipinski definition) is 0. The summed E-state index contributed by atoms with van der Waals surface area (Å²) in [6.45, 7) is 0. The van der Waals surface area contributed by atoms with Crippen LogP contribution in [0.4, 0.5) is 0 Å². The van der Waals surface area contributed by atoms with Gasteiger partial charge in [-0.2, -0.15) is 0 Å². The lowest BCUT2D eigenvalue weighted by Crippen LogP contribution is -2.01. The summed E-state index contributed by atoms with van der Waals surface area (Å²) in [4.78, 5) is 21.0. The van der Waals surface area contributed by atoms with E-state index < -0.39 is 0 Å². The number of rotatable bonds is 4. The number of oxazole rings is 1.